The van der Waals surface area contributed by atoms with Gasteiger partial charge in [-0.15, -0.1) is 0 Å². The van der Waals surface area contributed by atoms with Crippen molar-refractivity contribution >= 4 is 0 Å². The van der Waals surface area contributed by atoms with E-state index in [9.17, 15) is 5.11 Å². The third kappa shape index (κ3) is 4.19. The molecular weight excluding hydrogens is 334 g/mol. The summed E-state index contributed by atoms with van der Waals surface area (Å²) in [5.41, 5.74) is 1.99. The summed E-state index contributed by atoms with van der Waals surface area (Å²) in [6, 6.07) is 8.88. The number of aliphatic hydroxyl groups is 1. The van der Waals surface area contributed by atoms with Crippen molar-refractivity contribution in [2.24, 2.45) is 17.8 Å². The van der Waals surface area contributed by atoms with Crippen molar-refractivity contribution in [3.05, 3.63) is 29.8 Å². The Kier molecular flexibility index (Phi) is 5.80. The molecule has 150 valence electrons. The molecule has 4 saturated carbocycles. The summed E-state index contributed by atoms with van der Waals surface area (Å²) in [4.78, 5) is 2.34. The first-order valence-electron chi connectivity index (χ1n) is 11.2. The number of aliphatic hydroxyl groups excluding tert-OH is 1. The molecule has 0 amide bonds. The third-order valence-electron chi connectivity index (χ3n) is 7.62. The Morgan fingerprint density at radius 1 is 1.00 bits per heavy atom. The molecule has 4 aliphatic rings. The second kappa shape index (κ2) is 8.13. The summed E-state index contributed by atoms with van der Waals surface area (Å²) in [7, 11) is 0. The van der Waals surface area contributed by atoms with Gasteiger partial charge < -0.3 is 14.7 Å². The molecule has 1 aromatic carbocycles. The van der Waals surface area contributed by atoms with Gasteiger partial charge in [-0.3, -0.25) is 0 Å². The van der Waals surface area contributed by atoms with E-state index in [4.69, 9.17) is 4.74 Å². The van der Waals surface area contributed by atoms with E-state index in [0.717, 1.165) is 49.6 Å². The summed E-state index contributed by atoms with van der Waals surface area (Å²) < 4.78 is 5.87. The van der Waals surface area contributed by atoms with Gasteiger partial charge in [0.15, 0.2) is 0 Å². The van der Waals surface area contributed by atoms with Crippen LogP contribution in [0.4, 0.5) is 0 Å². The van der Waals surface area contributed by atoms with E-state index in [2.05, 4.69) is 43.0 Å². The average Bonchev–Trinajstić information content (AvgIpc) is 2.66. The molecule has 1 atom stereocenters. The van der Waals surface area contributed by atoms with E-state index in [0.29, 0.717) is 12.0 Å². The Bertz CT molecular complexity index is 572. The number of hydrogen-bond acceptors (Lipinski definition) is 3. The molecule has 1 unspecified atom stereocenters. The second-order valence-electron chi connectivity index (χ2n) is 9.50. The van der Waals surface area contributed by atoms with Crippen LogP contribution in [0.25, 0.3) is 0 Å². The Hall–Kier alpha value is -1.06. The van der Waals surface area contributed by atoms with Gasteiger partial charge >= 0.3 is 0 Å². The van der Waals surface area contributed by atoms with Crippen LogP contribution in [0.3, 0.4) is 0 Å². The van der Waals surface area contributed by atoms with Crippen molar-refractivity contribution in [3.63, 3.8) is 0 Å². The molecule has 27 heavy (non-hydrogen) atoms. The van der Waals surface area contributed by atoms with Crippen LogP contribution < -0.4 is 4.74 Å². The zero-order valence-corrected chi connectivity index (χ0v) is 17.2. The highest BCUT2D eigenvalue weighted by molar-refractivity contribution is 5.34. The molecule has 4 fully saturated rings. The fourth-order valence-corrected chi connectivity index (χ4v) is 6.52. The molecule has 0 aromatic heterocycles. The van der Waals surface area contributed by atoms with Gasteiger partial charge in [0.2, 0.25) is 0 Å². The number of ether oxygens (including phenoxy) is 1. The smallest absolute Gasteiger partial charge is 0.119 e. The van der Waals surface area contributed by atoms with Crippen LogP contribution in [0, 0.1) is 17.8 Å². The van der Waals surface area contributed by atoms with Crippen LogP contribution in [0.15, 0.2) is 24.3 Å². The molecule has 0 spiro atoms. The van der Waals surface area contributed by atoms with Crippen LogP contribution in [0.5, 0.6) is 5.75 Å². The summed E-state index contributed by atoms with van der Waals surface area (Å²) in [6.07, 6.45) is 9.07. The van der Waals surface area contributed by atoms with Crippen molar-refractivity contribution in [1.29, 1.82) is 0 Å². The first kappa shape index (κ1) is 19.3. The maximum atomic E-state index is 10.2. The van der Waals surface area contributed by atoms with E-state index in [-0.39, 0.29) is 0 Å². The lowest BCUT2D eigenvalue weighted by molar-refractivity contribution is -0.00522. The van der Waals surface area contributed by atoms with E-state index < -0.39 is 6.10 Å². The Morgan fingerprint density at radius 2 is 1.56 bits per heavy atom. The highest BCUT2D eigenvalue weighted by atomic mass is 16.5. The van der Waals surface area contributed by atoms with Gasteiger partial charge in [0, 0.05) is 6.54 Å². The van der Waals surface area contributed by atoms with Crippen LogP contribution in [-0.4, -0.2) is 42.4 Å². The molecule has 4 aliphatic carbocycles. The lowest BCUT2D eigenvalue weighted by atomic mass is 9.48. The number of rotatable bonds is 9. The number of benzene rings is 1. The van der Waals surface area contributed by atoms with Crippen molar-refractivity contribution in [3.8, 4) is 5.75 Å². The van der Waals surface area contributed by atoms with Gasteiger partial charge in [-0.05, 0) is 98.9 Å². The van der Waals surface area contributed by atoms with E-state index >= 15 is 0 Å². The van der Waals surface area contributed by atoms with Crippen molar-refractivity contribution in [2.45, 2.75) is 70.3 Å². The topological polar surface area (TPSA) is 32.7 Å². The second-order valence-corrected chi connectivity index (χ2v) is 9.50. The predicted octanol–water partition coefficient (Wildman–Crippen LogP) is 4.63. The number of hydrogen-bond donors (Lipinski definition) is 1. The predicted molar refractivity (Wildman–Crippen MR) is 110 cm³/mol. The summed E-state index contributed by atoms with van der Waals surface area (Å²) in [5, 5.41) is 10.2. The molecule has 0 aliphatic heterocycles. The minimum atomic E-state index is -0.395. The molecule has 0 radical (unpaired) electrons. The summed E-state index contributed by atoms with van der Waals surface area (Å²) >= 11 is 0. The first-order valence-corrected chi connectivity index (χ1v) is 11.2. The SMILES string of the molecule is CCN(CC)CCC(O)COc1ccc(C23CC4CC(CC(C4)C2)C3)cc1. The molecule has 5 rings (SSSR count). The van der Waals surface area contributed by atoms with Crippen LogP contribution in [-0.2, 0) is 5.41 Å². The van der Waals surface area contributed by atoms with E-state index in [1.54, 1.807) is 0 Å². The van der Waals surface area contributed by atoms with Crippen molar-refractivity contribution < 1.29 is 9.84 Å². The Morgan fingerprint density at radius 3 is 2.07 bits per heavy atom. The van der Waals surface area contributed by atoms with Crippen LogP contribution in [0.1, 0.15) is 64.4 Å². The van der Waals surface area contributed by atoms with Crippen molar-refractivity contribution in [2.75, 3.05) is 26.2 Å². The largest absolute Gasteiger partial charge is 0.491 e. The Labute approximate surface area is 165 Å². The fourth-order valence-electron chi connectivity index (χ4n) is 6.52. The lowest BCUT2D eigenvalue weighted by Gasteiger charge is -2.57. The Balaban J connectivity index is 1.31. The lowest BCUT2D eigenvalue weighted by Crippen LogP contribution is -2.48. The molecule has 1 aromatic rings. The standard InChI is InChI=1S/C24H37NO2/c1-3-25(4-2)10-9-22(26)17-27-23-7-5-21(6-8-23)24-14-18-11-19(15-24)13-20(12-18)16-24/h5-8,18-20,22,26H,3-4,9-17H2,1-2H3. The summed E-state index contributed by atoms with van der Waals surface area (Å²) in [5.74, 6) is 3.83. The van der Waals surface area contributed by atoms with Gasteiger partial charge in [0.1, 0.15) is 12.4 Å². The average molecular weight is 372 g/mol. The van der Waals surface area contributed by atoms with Crippen LogP contribution >= 0.6 is 0 Å². The van der Waals surface area contributed by atoms with Gasteiger partial charge in [-0.25, -0.2) is 0 Å². The maximum absolute atomic E-state index is 10.2. The van der Waals surface area contributed by atoms with Gasteiger partial charge in [0.25, 0.3) is 0 Å². The monoisotopic (exact) mass is 371 g/mol. The van der Waals surface area contributed by atoms with Crippen LogP contribution in [0.2, 0.25) is 0 Å². The molecule has 3 heteroatoms. The molecule has 4 bridgehead atoms. The molecular formula is C24H37NO2. The normalized spacial score (nSPS) is 32.8. The highest BCUT2D eigenvalue weighted by Gasteiger charge is 2.51. The van der Waals surface area contributed by atoms with Crippen molar-refractivity contribution in [1.82, 2.24) is 4.90 Å². The van der Waals surface area contributed by atoms with E-state index in [1.807, 2.05) is 0 Å². The first-order chi connectivity index (χ1) is 13.1. The maximum Gasteiger partial charge on any atom is 0.119 e. The summed E-state index contributed by atoms with van der Waals surface area (Å²) in [6.45, 7) is 7.72. The molecule has 3 nitrogen and oxygen atoms in total. The van der Waals surface area contributed by atoms with Gasteiger partial charge in [-0.1, -0.05) is 26.0 Å². The molecule has 0 heterocycles. The minimum Gasteiger partial charge on any atom is -0.491 e. The fraction of sp³-hybridized carbons (Fsp3) is 0.750. The molecule has 0 saturated heterocycles. The zero-order valence-electron chi connectivity index (χ0n) is 17.2. The van der Waals surface area contributed by atoms with Gasteiger partial charge in [0.05, 0.1) is 6.10 Å². The van der Waals surface area contributed by atoms with Gasteiger partial charge in [-0.2, -0.15) is 0 Å². The molecule has 1 N–H and O–H groups in total. The minimum absolute atomic E-state index is 0.387. The zero-order chi connectivity index (χ0) is 18.9. The quantitative estimate of drug-likeness (QED) is 0.687. The number of nitrogens with zero attached hydrogens (tertiary/aromatic N) is 1. The third-order valence-corrected chi connectivity index (χ3v) is 7.62. The highest BCUT2D eigenvalue weighted by Crippen LogP contribution is 2.60. The van der Waals surface area contributed by atoms with E-state index in [1.165, 1.54) is 44.1 Å².